The Morgan fingerprint density at radius 3 is 0.625 bits per heavy atom. The summed E-state index contributed by atoms with van der Waals surface area (Å²) in [5, 5.41) is 22.2. The van der Waals surface area contributed by atoms with Crippen molar-refractivity contribution >= 4 is 17.9 Å². The Bertz CT molecular complexity index is 118. The Balaban J connectivity index is -0.0000000135. The SMILES string of the molecule is CC(=O)O.CC(=O)O.CC(=O)O.O.O.O.[La]. The number of carbonyl (C=O) groups is 3. The van der Waals surface area contributed by atoms with Crippen LogP contribution in [0.5, 0.6) is 0 Å². The minimum atomic E-state index is -0.833. The molecule has 16 heavy (non-hydrogen) atoms. The normalized spacial score (nSPS) is 4.69. The van der Waals surface area contributed by atoms with Gasteiger partial charge in [-0.1, -0.05) is 0 Å². The maximum Gasteiger partial charge on any atom is 0.300 e. The largest absolute Gasteiger partial charge is 0.481 e. The monoisotopic (exact) mass is 373 g/mol. The molecule has 0 aromatic rings. The fraction of sp³-hybridized carbons (Fsp3) is 0.500. The molecule has 9 nitrogen and oxygen atoms in total. The van der Waals surface area contributed by atoms with Crippen molar-refractivity contribution in [2.45, 2.75) is 20.8 Å². The van der Waals surface area contributed by atoms with Gasteiger partial charge in [-0.2, -0.15) is 0 Å². The standard InChI is InChI=1S/3C2H4O2.La.3H2O/c3*1-2(3)4;;;;/h3*1H3,(H,3,4);;3*1H2. The van der Waals surface area contributed by atoms with E-state index in [0.717, 1.165) is 20.8 Å². The number of carboxylic acid groups (broad SMARTS) is 3. The number of hydrogen-bond acceptors (Lipinski definition) is 3. The van der Waals surface area contributed by atoms with Gasteiger partial charge in [-0.3, -0.25) is 14.4 Å². The van der Waals surface area contributed by atoms with Crippen LogP contribution >= 0.6 is 0 Å². The van der Waals surface area contributed by atoms with Gasteiger partial charge in [-0.25, -0.2) is 0 Å². The molecule has 1 radical (unpaired) electrons. The van der Waals surface area contributed by atoms with Gasteiger partial charge < -0.3 is 31.7 Å². The average Bonchev–Trinajstić information content (AvgIpc) is 1.54. The maximum absolute atomic E-state index is 9.00. The second-order valence-electron chi connectivity index (χ2n) is 1.56. The summed E-state index contributed by atoms with van der Waals surface area (Å²) < 4.78 is 0. The summed E-state index contributed by atoms with van der Waals surface area (Å²) in [4.78, 5) is 27.0. The predicted molar refractivity (Wildman–Crippen MR) is 50.8 cm³/mol. The minimum absolute atomic E-state index is 0. The number of rotatable bonds is 0. The molecule has 0 heterocycles. The van der Waals surface area contributed by atoms with Crippen LogP contribution in [0.25, 0.3) is 0 Å². The fourth-order valence-corrected chi connectivity index (χ4v) is 0. The molecular formula is C6H18LaO9. The smallest absolute Gasteiger partial charge is 0.300 e. The zero-order chi connectivity index (χ0) is 10.7. The third-order valence-corrected chi connectivity index (χ3v) is 0. The van der Waals surface area contributed by atoms with Crippen molar-refractivity contribution < 1.29 is 81.7 Å². The first-order valence-corrected chi connectivity index (χ1v) is 2.78. The Kier molecular flexibility index (Phi) is 103. The summed E-state index contributed by atoms with van der Waals surface area (Å²) in [6.45, 7) is 3.25. The molecule has 0 aromatic carbocycles. The van der Waals surface area contributed by atoms with E-state index < -0.39 is 17.9 Å². The number of aliphatic carboxylic acids is 3. The molecule has 99 valence electrons. The van der Waals surface area contributed by atoms with Crippen molar-refractivity contribution in [1.29, 1.82) is 0 Å². The quantitative estimate of drug-likeness (QED) is 0.429. The molecule has 0 saturated carbocycles. The molecule has 0 atom stereocenters. The third kappa shape index (κ3) is 7920. The maximum atomic E-state index is 9.00. The zero-order valence-corrected chi connectivity index (χ0v) is 12.8. The fourth-order valence-electron chi connectivity index (χ4n) is 0. The number of hydrogen-bond donors (Lipinski definition) is 3. The van der Waals surface area contributed by atoms with Crippen molar-refractivity contribution in [3.8, 4) is 0 Å². The van der Waals surface area contributed by atoms with E-state index in [9.17, 15) is 0 Å². The summed E-state index contributed by atoms with van der Waals surface area (Å²) in [5.74, 6) is -2.50. The van der Waals surface area contributed by atoms with Gasteiger partial charge in [0.25, 0.3) is 17.9 Å². The summed E-state index contributed by atoms with van der Waals surface area (Å²) in [6, 6.07) is 0. The third-order valence-electron chi connectivity index (χ3n) is 0. The van der Waals surface area contributed by atoms with E-state index >= 15 is 0 Å². The Morgan fingerprint density at radius 1 is 0.625 bits per heavy atom. The molecule has 0 fully saturated rings. The molecular weight excluding hydrogens is 355 g/mol. The van der Waals surface area contributed by atoms with Crippen LogP contribution in [0.4, 0.5) is 0 Å². The molecule has 0 aliphatic carbocycles. The minimum Gasteiger partial charge on any atom is -0.481 e. The molecule has 0 bridgehead atoms. The van der Waals surface area contributed by atoms with Gasteiger partial charge in [0.05, 0.1) is 0 Å². The van der Waals surface area contributed by atoms with Gasteiger partial charge in [0.15, 0.2) is 0 Å². The van der Waals surface area contributed by atoms with Crippen molar-refractivity contribution in [3.63, 3.8) is 0 Å². The van der Waals surface area contributed by atoms with E-state index in [1.54, 1.807) is 0 Å². The van der Waals surface area contributed by atoms with Crippen LogP contribution in [0.3, 0.4) is 0 Å². The van der Waals surface area contributed by atoms with E-state index in [0.29, 0.717) is 0 Å². The second kappa shape index (κ2) is 36.6. The summed E-state index contributed by atoms with van der Waals surface area (Å²) in [6.07, 6.45) is 0. The van der Waals surface area contributed by atoms with Gasteiger partial charge in [0.2, 0.25) is 0 Å². The molecule has 0 amide bonds. The van der Waals surface area contributed by atoms with Gasteiger partial charge in [-0.15, -0.1) is 0 Å². The molecule has 10 heteroatoms. The first-order valence-electron chi connectivity index (χ1n) is 2.78. The molecule has 0 saturated heterocycles. The van der Waals surface area contributed by atoms with Gasteiger partial charge in [0, 0.05) is 56.4 Å². The van der Waals surface area contributed by atoms with Crippen molar-refractivity contribution in [1.82, 2.24) is 0 Å². The molecule has 0 aromatic heterocycles. The van der Waals surface area contributed by atoms with E-state index in [1.165, 1.54) is 0 Å². The Morgan fingerprint density at radius 2 is 0.625 bits per heavy atom. The molecule has 0 aliphatic rings. The Hall–Kier alpha value is -0.515. The summed E-state index contributed by atoms with van der Waals surface area (Å²) in [7, 11) is 0. The van der Waals surface area contributed by atoms with Gasteiger partial charge in [0.1, 0.15) is 0 Å². The van der Waals surface area contributed by atoms with E-state index in [1.807, 2.05) is 0 Å². The summed E-state index contributed by atoms with van der Waals surface area (Å²) >= 11 is 0. The second-order valence-corrected chi connectivity index (χ2v) is 1.56. The van der Waals surface area contributed by atoms with Gasteiger partial charge in [-0.05, 0) is 0 Å². The van der Waals surface area contributed by atoms with Crippen LogP contribution in [0.1, 0.15) is 20.8 Å². The molecule has 0 spiro atoms. The first-order chi connectivity index (χ1) is 5.20. The van der Waals surface area contributed by atoms with E-state index in [-0.39, 0.29) is 52.0 Å². The van der Waals surface area contributed by atoms with E-state index in [2.05, 4.69) is 0 Å². The number of carboxylic acids is 3. The first kappa shape index (κ1) is 45.1. The van der Waals surface area contributed by atoms with Crippen LogP contribution in [0, 0.1) is 35.6 Å². The zero-order valence-electron chi connectivity index (χ0n) is 9.14. The van der Waals surface area contributed by atoms with Gasteiger partial charge >= 0.3 is 0 Å². The van der Waals surface area contributed by atoms with E-state index in [4.69, 9.17) is 29.7 Å². The molecule has 9 N–H and O–H groups in total. The molecule has 0 unspecified atom stereocenters. The van der Waals surface area contributed by atoms with Crippen LogP contribution in [0.2, 0.25) is 0 Å². The molecule has 0 aliphatic heterocycles. The van der Waals surface area contributed by atoms with Crippen molar-refractivity contribution in [3.05, 3.63) is 0 Å². The van der Waals surface area contributed by atoms with Crippen molar-refractivity contribution in [2.75, 3.05) is 0 Å². The summed E-state index contributed by atoms with van der Waals surface area (Å²) in [5.41, 5.74) is 0. The van der Waals surface area contributed by atoms with Crippen LogP contribution in [-0.2, 0) is 14.4 Å². The average molecular weight is 373 g/mol. The van der Waals surface area contributed by atoms with Crippen LogP contribution in [0.15, 0.2) is 0 Å². The predicted octanol–water partition coefficient (Wildman–Crippen LogP) is -2.20. The topological polar surface area (TPSA) is 206 Å². The van der Waals surface area contributed by atoms with Crippen molar-refractivity contribution in [2.24, 2.45) is 0 Å². The van der Waals surface area contributed by atoms with Crippen LogP contribution in [-0.4, -0.2) is 49.7 Å². The molecule has 0 rings (SSSR count). The Labute approximate surface area is 120 Å². The van der Waals surface area contributed by atoms with Crippen LogP contribution < -0.4 is 0 Å².